The second kappa shape index (κ2) is 7.71. The summed E-state index contributed by atoms with van der Waals surface area (Å²) < 4.78 is 66.2. The summed E-state index contributed by atoms with van der Waals surface area (Å²) in [4.78, 5) is 15.3. The van der Waals surface area contributed by atoms with E-state index in [4.69, 9.17) is 4.74 Å². The van der Waals surface area contributed by atoms with E-state index in [9.17, 15) is 26.4 Å². The number of hydrogen-bond donors (Lipinski definition) is 0. The van der Waals surface area contributed by atoms with E-state index in [-0.39, 0.29) is 11.5 Å². The number of ether oxygens (including phenoxy) is 1. The molecule has 168 valence electrons. The van der Waals surface area contributed by atoms with Gasteiger partial charge in [0.25, 0.3) is 9.84 Å². The Kier molecular flexibility index (Phi) is 5.87. The van der Waals surface area contributed by atoms with Crippen LogP contribution in [0, 0.1) is 5.41 Å². The average molecular weight is 449 g/mol. The molecule has 1 aromatic carbocycles. The quantitative estimate of drug-likeness (QED) is 0.704. The van der Waals surface area contributed by atoms with Crippen LogP contribution < -0.4 is 0 Å². The predicted molar refractivity (Wildman–Crippen MR) is 104 cm³/mol. The third kappa shape index (κ3) is 4.91. The zero-order valence-corrected chi connectivity index (χ0v) is 18.1. The first-order chi connectivity index (χ1) is 13.7. The number of sulfone groups is 1. The number of alkyl halides is 3. The number of rotatable bonds is 3. The molecule has 2 aliphatic rings. The van der Waals surface area contributed by atoms with Crippen LogP contribution in [0.5, 0.6) is 0 Å². The van der Waals surface area contributed by atoms with Gasteiger partial charge < -0.3 is 9.64 Å². The fourth-order valence-corrected chi connectivity index (χ4v) is 4.65. The second-order valence-corrected chi connectivity index (χ2v) is 11.1. The largest absolute Gasteiger partial charge is 0.501 e. The molecule has 2 fully saturated rings. The van der Waals surface area contributed by atoms with Crippen LogP contribution in [0.4, 0.5) is 18.0 Å². The number of piperidine rings is 1. The van der Waals surface area contributed by atoms with Gasteiger partial charge in [-0.15, -0.1) is 0 Å². The lowest BCUT2D eigenvalue weighted by Crippen LogP contribution is -2.62. The lowest BCUT2D eigenvalue weighted by molar-refractivity contribution is -0.0601. The number of amides is 1. The van der Waals surface area contributed by atoms with Crippen LogP contribution in [-0.2, 0) is 21.1 Å². The smallest absolute Gasteiger partial charge is 0.444 e. The molecule has 1 aromatic rings. The number of benzene rings is 1. The summed E-state index contributed by atoms with van der Waals surface area (Å²) in [7, 11) is -5.32. The van der Waals surface area contributed by atoms with Crippen LogP contribution in [0.2, 0.25) is 0 Å². The Morgan fingerprint density at radius 3 is 2.07 bits per heavy atom. The van der Waals surface area contributed by atoms with Gasteiger partial charge in [0, 0.05) is 25.0 Å². The van der Waals surface area contributed by atoms with Crippen molar-refractivity contribution in [2.24, 2.45) is 5.41 Å². The number of halogens is 3. The minimum atomic E-state index is -5.32. The molecule has 0 atom stereocenters. The number of carbonyl (C=O) groups is 1. The summed E-state index contributed by atoms with van der Waals surface area (Å²) in [5.41, 5.74) is -4.95. The van der Waals surface area contributed by atoms with Crippen molar-refractivity contribution in [2.75, 3.05) is 26.2 Å². The minimum absolute atomic E-state index is 0.109. The van der Waals surface area contributed by atoms with Gasteiger partial charge in [-0.3, -0.25) is 4.90 Å². The lowest BCUT2D eigenvalue weighted by Gasteiger charge is -2.53. The fraction of sp³-hybridized carbons (Fsp3) is 0.650. The first-order valence-electron chi connectivity index (χ1n) is 9.81. The van der Waals surface area contributed by atoms with E-state index in [1.807, 2.05) is 20.8 Å². The fourth-order valence-electron chi connectivity index (χ4n) is 3.89. The molecule has 0 saturated carbocycles. The van der Waals surface area contributed by atoms with Gasteiger partial charge in [-0.05, 0) is 64.4 Å². The second-order valence-electron chi connectivity index (χ2n) is 9.21. The Morgan fingerprint density at radius 1 is 1.07 bits per heavy atom. The Bertz CT molecular complexity index is 876. The van der Waals surface area contributed by atoms with Crippen LogP contribution in [0.15, 0.2) is 29.2 Å². The van der Waals surface area contributed by atoms with Crippen molar-refractivity contribution in [2.45, 2.75) is 56.2 Å². The summed E-state index contributed by atoms with van der Waals surface area (Å²) in [5, 5.41) is 0. The molecule has 0 aromatic heterocycles. The molecule has 2 heterocycles. The normalized spacial score (nSPS) is 20.1. The maximum Gasteiger partial charge on any atom is 0.501 e. The van der Waals surface area contributed by atoms with E-state index in [1.54, 1.807) is 4.90 Å². The standard InChI is InChI=1S/C20H27F3N2O4S/c1-18(2,3)29-17(26)25-13-19(14-25)8-10-24(11-9-19)12-15-4-6-16(7-5-15)30(27,28)20(21,22)23/h4-7H,8-14H2,1-3H3. The molecule has 0 unspecified atom stereocenters. The van der Waals surface area contributed by atoms with E-state index in [0.29, 0.717) is 19.6 Å². The molecule has 0 radical (unpaired) electrons. The maximum atomic E-state index is 12.6. The van der Waals surface area contributed by atoms with Gasteiger partial charge in [0.15, 0.2) is 0 Å². The zero-order valence-electron chi connectivity index (χ0n) is 17.3. The molecule has 0 aliphatic carbocycles. The molecule has 10 heteroatoms. The SMILES string of the molecule is CC(C)(C)OC(=O)N1CC2(CCN(Cc3ccc(S(=O)(=O)C(F)(F)F)cc3)CC2)C1. The van der Waals surface area contributed by atoms with Crippen molar-refractivity contribution in [3.63, 3.8) is 0 Å². The van der Waals surface area contributed by atoms with Gasteiger partial charge in [-0.25, -0.2) is 13.2 Å². The first kappa shape index (κ1) is 22.9. The summed E-state index contributed by atoms with van der Waals surface area (Å²) in [6.07, 6.45) is 1.56. The van der Waals surface area contributed by atoms with Crippen LogP contribution in [-0.4, -0.2) is 61.6 Å². The van der Waals surface area contributed by atoms with E-state index in [1.165, 1.54) is 12.1 Å². The van der Waals surface area contributed by atoms with Crippen molar-refractivity contribution < 1.29 is 31.1 Å². The van der Waals surface area contributed by atoms with E-state index in [0.717, 1.165) is 43.6 Å². The van der Waals surface area contributed by atoms with Gasteiger partial charge in [-0.2, -0.15) is 13.2 Å². The molecule has 0 N–H and O–H groups in total. The molecule has 0 bridgehead atoms. The van der Waals surface area contributed by atoms with E-state index in [2.05, 4.69) is 4.90 Å². The minimum Gasteiger partial charge on any atom is -0.444 e. The van der Waals surface area contributed by atoms with Gasteiger partial charge in [0.1, 0.15) is 5.60 Å². The van der Waals surface area contributed by atoms with Crippen LogP contribution >= 0.6 is 0 Å². The molecule has 30 heavy (non-hydrogen) atoms. The van der Waals surface area contributed by atoms with Gasteiger partial charge in [0.05, 0.1) is 4.90 Å². The van der Waals surface area contributed by atoms with Crippen LogP contribution in [0.25, 0.3) is 0 Å². The summed E-state index contributed by atoms with van der Waals surface area (Å²) in [6, 6.07) is 4.87. The van der Waals surface area contributed by atoms with E-state index < -0.39 is 25.8 Å². The molecule has 3 rings (SSSR count). The molecular formula is C20H27F3N2O4S. The summed E-state index contributed by atoms with van der Waals surface area (Å²) in [6.45, 7) is 9.03. The Labute approximate surface area is 174 Å². The number of likely N-dealkylation sites (tertiary alicyclic amines) is 2. The predicted octanol–water partition coefficient (Wildman–Crippen LogP) is 3.81. The van der Waals surface area contributed by atoms with Gasteiger partial charge in [0.2, 0.25) is 0 Å². The Balaban J connectivity index is 1.50. The van der Waals surface area contributed by atoms with Crippen molar-refractivity contribution in [3.05, 3.63) is 29.8 Å². The zero-order chi connectivity index (χ0) is 22.4. The summed E-state index contributed by atoms with van der Waals surface area (Å²) in [5.74, 6) is 0. The number of carbonyl (C=O) groups excluding carboxylic acids is 1. The third-order valence-electron chi connectivity index (χ3n) is 5.57. The molecule has 6 nitrogen and oxygen atoms in total. The van der Waals surface area contributed by atoms with Gasteiger partial charge >= 0.3 is 11.6 Å². The molecule has 1 amide bonds. The highest BCUT2D eigenvalue weighted by Crippen LogP contribution is 2.41. The molecular weight excluding hydrogens is 421 g/mol. The van der Waals surface area contributed by atoms with Gasteiger partial charge in [-0.1, -0.05) is 12.1 Å². The van der Waals surface area contributed by atoms with Crippen LogP contribution in [0.3, 0.4) is 0 Å². The number of nitrogens with zero attached hydrogens (tertiary/aromatic N) is 2. The first-order valence-corrected chi connectivity index (χ1v) is 11.3. The molecule has 2 saturated heterocycles. The maximum absolute atomic E-state index is 12.6. The highest BCUT2D eigenvalue weighted by Gasteiger charge is 2.48. The monoisotopic (exact) mass is 448 g/mol. The highest BCUT2D eigenvalue weighted by atomic mass is 32.2. The summed E-state index contributed by atoms with van der Waals surface area (Å²) >= 11 is 0. The van der Waals surface area contributed by atoms with Crippen molar-refractivity contribution in [3.8, 4) is 0 Å². The molecule has 1 spiro atoms. The Hall–Kier alpha value is -1.81. The molecule has 2 aliphatic heterocycles. The highest BCUT2D eigenvalue weighted by molar-refractivity contribution is 7.92. The van der Waals surface area contributed by atoms with Crippen molar-refractivity contribution >= 4 is 15.9 Å². The van der Waals surface area contributed by atoms with Crippen LogP contribution in [0.1, 0.15) is 39.2 Å². The lowest BCUT2D eigenvalue weighted by atomic mass is 9.72. The third-order valence-corrected chi connectivity index (χ3v) is 7.07. The number of hydrogen-bond acceptors (Lipinski definition) is 5. The topological polar surface area (TPSA) is 66.9 Å². The van der Waals surface area contributed by atoms with E-state index >= 15 is 0 Å². The van der Waals surface area contributed by atoms with Crippen molar-refractivity contribution in [1.82, 2.24) is 9.80 Å². The Morgan fingerprint density at radius 2 is 1.60 bits per heavy atom. The van der Waals surface area contributed by atoms with Crippen molar-refractivity contribution in [1.29, 1.82) is 0 Å². The average Bonchev–Trinajstić information content (AvgIpc) is 2.58.